The van der Waals surface area contributed by atoms with Crippen LogP contribution >= 0.6 is 11.8 Å². The SMILES string of the molecule is CCCn1ccnc1C(CSC1CCCCC1)NCC. The number of aromatic nitrogens is 2. The molecule has 1 aliphatic carbocycles. The zero-order valence-electron chi connectivity index (χ0n) is 13.0. The van der Waals surface area contributed by atoms with Crippen LogP contribution in [0.15, 0.2) is 12.4 Å². The maximum absolute atomic E-state index is 4.60. The maximum Gasteiger partial charge on any atom is 0.126 e. The first-order valence-electron chi connectivity index (χ1n) is 8.21. The summed E-state index contributed by atoms with van der Waals surface area (Å²) in [5.41, 5.74) is 0. The minimum absolute atomic E-state index is 0.397. The van der Waals surface area contributed by atoms with Crippen molar-refractivity contribution in [2.24, 2.45) is 0 Å². The van der Waals surface area contributed by atoms with E-state index in [1.807, 2.05) is 6.20 Å². The standard InChI is InChI=1S/C16H29N3S/c1-3-11-19-12-10-18-16(19)15(17-4-2)13-20-14-8-6-5-7-9-14/h10,12,14-15,17H,3-9,11,13H2,1-2H3. The van der Waals surface area contributed by atoms with E-state index in [9.17, 15) is 0 Å². The molecule has 0 spiro atoms. The van der Waals surface area contributed by atoms with E-state index in [-0.39, 0.29) is 0 Å². The first kappa shape index (κ1) is 15.9. The Bertz CT molecular complexity index is 372. The van der Waals surface area contributed by atoms with Gasteiger partial charge in [0.05, 0.1) is 6.04 Å². The molecule has 3 nitrogen and oxygen atoms in total. The van der Waals surface area contributed by atoms with Crippen molar-refractivity contribution in [1.82, 2.24) is 14.9 Å². The van der Waals surface area contributed by atoms with Gasteiger partial charge in [-0.15, -0.1) is 0 Å². The van der Waals surface area contributed by atoms with Crippen LogP contribution < -0.4 is 5.32 Å². The number of rotatable bonds is 8. The molecule has 1 aliphatic rings. The molecule has 1 fully saturated rings. The predicted octanol–water partition coefficient (Wildman–Crippen LogP) is 4.01. The van der Waals surface area contributed by atoms with E-state index in [4.69, 9.17) is 0 Å². The second-order valence-corrected chi connectivity index (χ2v) is 7.02. The summed E-state index contributed by atoms with van der Waals surface area (Å²) < 4.78 is 2.31. The minimum atomic E-state index is 0.397. The lowest BCUT2D eigenvalue weighted by atomic mass is 10.0. The number of hydrogen-bond acceptors (Lipinski definition) is 3. The first-order valence-corrected chi connectivity index (χ1v) is 9.26. The molecular weight excluding hydrogens is 266 g/mol. The number of imidazole rings is 1. The quantitative estimate of drug-likeness (QED) is 0.786. The molecule has 20 heavy (non-hydrogen) atoms. The molecule has 1 saturated carbocycles. The van der Waals surface area contributed by atoms with Crippen LogP contribution in [-0.2, 0) is 6.54 Å². The molecule has 0 aromatic carbocycles. The number of aryl methyl sites for hydroxylation is 1. The van der Waals surface area contributed by atoms with Crippen molar-refractivity contribution in [2.75, 3.05) is 12.3 Å². The van der Waals surface area contributed by atoms with E-state index in [1.165, 1.54) is 37.9 Å². The van der Waals surface area contributed by atoms with Crippen molar-refractivity contribution in [3.05, 3.63) is 18.2 Å². The predicted molar refractivity (Wildman–Crippen MR) is 88.3 cm³/mol. The van der Waals surface area contributed by atoms with Gasteiger partial charge < -0.3 is 9.88 Å². The first-order chi connectivity index (χ1) is 9.85. The van der Waals surface area contributed by atoms with Gasteiger partial charge in [-0.05, 0) is 25.8 Å². The van der Waals surface area contributed by atoms with Crippen molar-refractivity contribution < 1.29 is 0 Å². The molecule has 1 aromatic heterocycles. The highest BCUT2D eigenvalue weighted by Crippen LogP contribution is 2.30. The highest BCUT2D eigenvalue weighted by atomic mass is 32.2. The number of nitrogens with one attached hydrogen (secondary N) is 1. The van der Waals surface area contributed by atoms with Gasteiger partial charge in [0, 0.05) is 29.9 Å². The van der Waals surface area contributed by atoms with Crippen LogP contribution in [0.1, 0.15) is 64.2 Å². The topological polar surface area (TPSA) is 29.9 Å². The number of nitrogens with zero attached hydrogens (tertiary/aromatic N) is 2. The molecule has 1 N–H and O–H groups in total. The number of hydrogen-bond donors (Lipinski definition) is 1. The summed E-state index contributed by atoms with van der Waals surface area (Å²) in [6, 6.07) is 0.397. The van der Waals surface area contributed by atoms with Crippen LogP contribution in [0.2, 0.25) is 0 Å². The summed E-state index contributed by atoms with van der Waals surface area (Å²) in [7, 11) is 0. The van der Waals surface area contributed by atoms with Crippen molar-refractivity contribution in [1.29, 1.82) is 0 Å². The third-order valence-electron chi connectivity index (χ3n) is 4.03. The summed E-state index contributed by atoms with van der Waals surface area (Å²) in [6.45, 7) is 6.49. The molecule has 0 aliphatic heterocycles. The average Bonchev–Trinajstić information content (AvgIpc) is 2.93. The van der Waals surface area contributed by atoms with E-state index in [0.29, 0.717) is 6.04 Å². The van der Waals surface area contributed by atoms with Crippen LogP contribution in [0.4, 0.5) is 0 Å². The summed E-state index contributed by atoms with van der Waals surface area (Å²) in [5, 5.41) is 4.49. The van der Waals surface area contributed by atoms with Gasteiger partial charge in [0.15, 0.2) is 0 Å². The molecule has 114 valence electrons. The van der Waals surface area contributed by atoms with Crippen LogP contribution in [0.25, 0.3) is 0 Å². The van der Waals surface area contributed by atoms with Crippen LogP contribution in [-0.4, -0.2) is 27.1 Å². The highest BCUT2D eigenvalue weighted by Gasteiger charge is 2.20. The van der Waals surface area contributed by atoms with Gasteiger partial charge >= 0.3 is 0 Å². The lowest BCUT2D eigenvalue weighted by Gasteiger charge is -2.24. The third kappa shape index (κ3) is 4.52. The third-order valence-corrected chi connectivity index (χ3v) is 5.49. The van der Waals surface area contributed by atoms with Gasteiger partial charge in [0.25, 0.3) is 0 Å². The Labute approximate surface area is 127 Å². The smallest absolute Gasteiger partial charge is 0.126 e. The minimum Gasteiger partial charge on any atom is -0.334 e. The molecule has 2 rings (SSSR count). The Morgan fingerprint density at radius 3 is 2.85 bits per heavy atom. The van der Waals surface area contributed by atoms with E-state index in [1.54, 1.807) is 0 Å². The largest absolute Gasteiger partial charge is 0.334 e. The molecule has 1 aromatic rings. The van der Waals surface area contributed by atoms with Crippen LogP contribution in [0.5, 0.6) is 0 Å². The maximum atomic E-state index is 4.60. The lowest BCUT2D eigenvalue weighted by Crippen LogP contribution is -2.27. The molecule has 4 heteroatoms. The molecule has 0 radical (unpaired) electrons. The van der Waals surface area contributed by atoms with E-state index < -0.39 is 0 Å². The average molecular weight is 295 g/mol. The second kappa shape index (κ2) is 8.73. The van der Waals surface area contributed by atoms with Gasteiger partial charge in [-0.2, -0.15) is 11.8 Å². The molecule has 0 bridgehead atoms. The molecular formula is C16H29N3S. The van der Waals surface area contributed by atoms with Gasteiger partial charge in [0.2, 0.25) is 0 Å². The van der Waals surface area contributed by atoms with E-state index >= 15 is 0 Å². The molecule has 1 heterocycles. The Kier molecular flexibility index (Phi) is 6.94. The normalized spacial score (nSPS) is 18.3. The Hall–Kier alpha value is -0.480. The zero-order chi connectivity index (χ0) is 14.2. The van der Waals surface area contributed by atoms with Gasteiger partial charge in [0.1, 0.15) is 5.82 Å². The van der Waals surface area contributed by atoms with Gasteiger partial charge in [-0.25, -0.2) is 4.98 Å². The van der Waals surface area contributed by atoms with Gasteiger partial charge in [-0.3, -0.25) is 0 Å². The van der Waals surface area contributed by atoms with Crippen molar-refractivity contribution in [2.45, 2.75) is 70.2 Å². The van der Waals surface area contributed by atoms with Crippen molar-refractivity contribution >= 4 is 11.8 Å². The molecule has 0 saturated heterocycles. The summed E-state index contributed by atoms with van der Waals surface area (Å²) in [6.07, 6.45) is 12.3. The highest BCUT2D eigenvalue weighted by molar-refractivity contribution is 7.99. The fraction of sp³-hybridized carbons (Fsp3) is 0.812. The fourth-order valence-electron chi connectivity index (χ4n) is 3.00. The Balaban J connectivity index is 1.93. The van der Waals surface area contributed by atoms with Crippen molar-refractivity contribution in [3.63, 3.8) is 0 Å². The van der Waals surface area contributed by atoms with Gasteiger partial charge in [-0.1, -0.05) is 33.1 Å². The monoisotopic (exact) mass is 295 g/mol. The van der Waals surface area contributed by atoms with E-state index in [0.717, 1.165) is 30.5 Å². The van der Waals surface area contributed by atoms with Crippen molar-refractivity contribution in [3.8, 4) is 0 Å². The van der Waals surface area contributed by atoms with Crippen LogP contribution in [0, 0.1) is 0 Å². The Morgan fingerprint density at radius 1 is 1.35 bits per heavy atom. The van der Waals surface area contributed by atoms with E-state index in [2.05, 4.69) is 46.7 Å². The summed E-state index contributed by atoms with van der Waals surface area (Å²) in [4.78, 5) is 4.60. The summed E-state index contributed by atoms with van der Waals surface area (Å²) in [5.74, 6) is 2.37. The lowest BCUT2D eigenvalue weighted by molar-refractivity contribution is 0.508. The second-order valence-electron chi connectivity index (χ2n) is 5.68. The molecule has 0 amide bonds. The molecule has 1 atom stereocenters. The zero-order valence-corrected chi connectivity index (χ0v) is 13.8. The molecule has 1 unspecified atom stereocenters. The van der Waals surface area contributed by atoms with Crippen LogP contribution in [0.3, 0.4) is 0 Å². The summed E-state index contributed by atoms with van der Waals surface area (Å²) >= 11 is 2.15. The fourth-order valence-corrected chi connectivity index (χ4v) is 4.39. The number of thioether (sulfide) groups is 1. The Morgan fingerprint density at radius 2 is 2.15 bits per heavy atom.